The summed E-state index contributed by atoms with van der Waals surface area (Å²) >= 11 is 0. The largest absolute Gasteiger partial charge is 0.370 e. The highest BCUT2D eigenvalue weighted by molar-refractivity contribution is 5.57. The van der Waals surface area contributed by atoms with Crippen molar-refractivity contribution in [1.82, 2.24) is 4.90 Å². The second-order valence-corrected chi connectivity index (χ2v) is 5.59. The molecule has 0 aliphatic carbocycles. The van der Waals surface area contributed by atoms with Crippen molar-refractivity contribution in [1.29, 1.82) is 0 Å². The van der Waals surface area contributed by atoms with E-state index in [1.54, 1.807) is 6.07 Å². The van der Waals surface area contributed by atoms with Gasteiger partial charge >= 0.3 is 0 Å². The number of rotatable bonds is 2. The van der Waals surface area contributed by atoms with Crippen molar-refractivity contribution in [3.63, 3.8) is 0 Å². The van der Waals surface area contributed by atoms with Gasteiger partial charge in [-0.25, -0.2) is 4.39 Å². The average molecular weight is 265 g/mol. The van der Waals surface area contributed by atoms with Gasteiger partial charge in [-0.1, -0.05) is 0 Å². The van der Waals surface area contributed by atoms with Crippen LogP contribution in [0.1, 0.15) is 30.5 Å². The smallest absolute Gasteiger partial charge is 0.126 e. The fourth-order valence-electron chi connectivity index (χ4n) is 2.61. The molecule has 1 aliphatic rings. The predicted octanol–water partition coefficient (Wildman–Crippen LogP) is 2.30. The van der Waals surface area contributed by atoms with Crippen molar-refractivity contribution >= 4 is 5.69 Å². The quantitative estimate of drug-likeness (QED) is 0.890. The lowest BCUT2D eigenvalue weighted by Crippen LogP contribution is -2.30. The molecule has 0 bridgehead atoms. The average Bonchev–Trinajstić information content (AvgIpc) is 2.57. The molecule has 2 N–H and O–H groups in total. The molecule has 106 valence electrons. The monoisotopic (exact) mass is 265 g/mol. The Balaban J connectivity index is 2.34. The second-order valence-electron chi connectivity index (χ2n) is 5.59. The van der Waals surface area contributed by atoms with Crippen LogP contribution in [0.25, 0.3) is 0 Å². The number of nitrogens with two attached hydrogens (primary N) is 1. The van der Waals surface area contributed by atoms with Crippen LogP contribution >= 0.6 is 0 Å². The Morgan fingerprint density at radius 3 is 2.63 bits per heavy atom. The fourth-order valence-corrected chi connectivity index (χ4v) is 2.61. The summed E-state index contributed by atoms with van der Waals surface area (Å²) in [6.45, 7) is 7.86. The molecular formula is C15H24FN3. The molecule has 0 aromatic heterocycles. The highest BCUT2D eigenvalue weighted by Gasteiger charge is 2.18. The number of hydrogen-bond donors (Lipinski definition) is 1. The summed E-state index contributed by atoms with van der Waals surface area (Å²) in [7, 11) is 2.14. The molecule has 1 aliphatic heterocycles. The molecule has 1 heterocycles. The predicted molar refractivity (Wildman–Crippen MR) is 78.1 cm³/mol. The van der Waals surface area contributed by atoms with Crippen molar-refractivity contribution in [3.8, 4) is 0 Å². The summed E-state index contributed by atoms with van der Waals surface area (Å²) in [5, 5.41) is 0. The molecule has 0 spiro atoms. The van der Waals surface area contributed by atoms with E-state index < -0.39 is 0 Å². The Hall–Kier alpha value is -1.13. The molecular weight excluding hydrogens is 241 g/mol. The van der Waals surface area contributed by atoms with Crippen LogP contribution in [0.15, 0.2) is 12.1 Å². The third kappa shape index (κ3) is 3.25. The molecule has 3 nitrogen and oxygen atoms in total. The fraction of sp³-hybridized carbons (Fsp3) is 0.600. The SMILES string of the molecule is Cc1cc(N2CCCN(C)CC2)c(C(C)N)cc1F. The highest BCUT2D eigenvalue weighted by Crippen LogP contribution is 2.29. The van der Waals surface area contributed by atoms with Crippen LogP contribution in [0.5, 0.6) is 0 Å². The minimum atomic E-state index is -0.164. The summed E-state index contributed by atoms with van der Waals surface area (Å²) in [5.41, 5.74) is 8.71. The Kier molecular flexibility index (Phi) is 4.42. The topological polar surface area (TPSA) is 32.5 Å². The number of anilines is 1. The third-order valence-corrected chi connectivity index (χ3v) is 3.86. The lowest BCUT2D eigenvalue weighted by molar-refractivity contribution is 0.360. The van der Waals surface area contributed by atoms with Gasteiger partial charge < -0.3 is 15.5 Å². The van der Waals surface area contributed by atoms with Crippen LogP contribution < -0.4 is 10.6 Å². The Labute approximate surface area is 115 Å². The number of benzene rings is 1. The molecule has 1 fully saturated rings. The lowest BCUT2D eigenvalue weighted by atomic mass is 10.0. The van der Waals surface area contributed by atoms with Gasteiger partial charge in [-0.3, -0.25) is 0 Å². The van der Waals surface area contributed by atoms with Crippen LogP contribution in [-0.4, -0.2) is 38.1 Å². The first-order valence-electron chi connectivity index (χ1n) is 6.98. The first kappa shape index (κ1) is 14.3. The van der Waals surface area contributed by atoms with Gasteiger partial charge in [0, 0.05) is 31.4 Å². The molecule has 1 saturated heterocycles. The van der Waals surface area contributed by atoms with Crippen molar-refractivity contribution < 1.29 is 4.39 Å². The van der Waals surface area contributed by atoms with Crippen molar-refractivity contribution in [3.05, 3.63) is 29.1 Å². The van der Waals surface area contributed by atoms with Crippen LogP contribution in [0.2, 0.25) is 0 Å². The second kappa shape index (κ2) is 5.88. The summed E-state index contributed by atoms with van der Waals surface area (Å²) in [6.07, 6.45) is 1.13. The first-order chi connectivity index (χ1) is 8.99. The van der Waals surface area contributed by atoms with Gasteiger partial charge in [0.05, 0.1) is 0 Å². The molecule has 1 aromatic rings. The standard InChI is InChI=1S/C15H24FN3/c1-11-9-15(13(12(2)17)10-14(11)16)19-6-4-5-18(3)7-8-19/h9-10,12H,4-8,17H2,1-3H3. The van der Waals surface area contributed by atoms with E-state index in [0.29, 0.717) is 5.56 Å². The number of hydrogen-bond acceptors (Lipinski definition) is 3. The summed E-state index contributed by atoms with van der Waals surface area (Å²) < 4.78 is 13.7. The molecule has 1 aromatic carbocycles. The Bertz CT molecular complexity index is 445. The van der Waals surface area contributed by atoms with E-state index in [-0.39, 0.29) is 11.9 Å². The number of aryl methyl sites for hydroxylation is 1. The minimum absolute atomic E-state index is 0.147. The normalized spacial score (nSPS) is 19.3. The van der Waals surface area contributed by atoms with Gasteiger partial charge in [-0.2, -0.15) is 0 Å². The van der Waals surface area contributed by atoms with Gasteiger partial charge in [0.2, 0.25) is 0 Å². The van der Waals surface area contributed by atoms with Crippen molar-refractivity contribution in [2.45, 2.75) is 26.3 Å². The number of likely N-dealkylation sites (N-methyl/N-ethyl adjacent to an activating group) is 1. The van der Waals surface area contributed by atoms with Gasteiger partial charge in [-0.05, 0) is 57.1 Å². The third-order valence-electron chi connectivity index (χ3n) is 3.86. The maximum atomic E-state index is 13.7. The maximum absolute atomic E-state index is 13.7. The summed E-state index contributed by atoms with van der Waals surface area (Å²) in [4.78, 5) is 4.68. The maximum Gasteiger partial charge on any atom is 0.126 e. The van der Waals surface area contributed by atoms with E-state index in [1.165, 1.54) is 0 Å². The summed E-state index contributed by atoms with van der Waals surface area (Å²) in [6, 6.07) is 3.40. The van der Waals surface area contributed by atoms with Gasteiger partial charge in [-0.15, -0.1) is 0 Å². The number of halogens is 1. The summed E-state index contributed by atoms with van der Waals surface area (Å²) in [5.74, 6) is -0.164. The van der Waals surface area contributed by atoms with Gasteiger partial charge in [0.15, 0.2) is 0 Å². The Morgan fingerprint density at radius 1 is 1.21 bits per heavy atom. The van der Waals surface area contributed by atoms with E-state index in [2.05, 4.69) is 16.8 Å². The van der Waals surface area contributed by atoms with E-state index >= 15 is 0 Å². The van der Waals surface area contributed by atoms with Crippen LogP contribution in [0.3, 0.4) is 0 Å². The number of nitrogens with zero attached hydrogens (tertiary/aromatic N) is 2. The van der Waals surface area contributed by atoms with E-state index in [4.69, 9.17) is 5.73 Å². The zero-order valence-corrected chi connectivity index (χ0v) is 12.1. The molecule has 1 unspecified atom stereocenters. The van der Waals surface area contributed by atoms with E-state index in [9.17, 15) is 4.39 Å². The Morgan fingerprint density at radius 2 is 1.95 bits per heavy atom. The lowest BCUT2D eigenvalue weighted by Gasteiger charge is -2.27. The molecule has 19 heavy (non-hydrogen) atoms. The molecule has 4 heteroatoms. The molecule has 0 amide bonds. The van der Waals surface area contributed by atoms with Crippen LogP contribution in [0.4, 0.5) is 10.1 Å². The zero-order chi connectivity index (χ0) is 14.0. The highest BCUT2D eigenvalue weighted by atomic mass is 19.1. The minimum Gasteiger partial charge on any atom is -0.370 e. The van der Waals surface area contributed by atoms with E-state index in [0.717, 1.165) is 43.9 Å². The first-order valence-corrected chi connectivity index (χ1v) is 6.98. The zero-order valence-electron chi connectivity index (χ0n) is 12.1. The van der Waals surface area contributed by atoms with Crippen molar-refractivity contribution in [2.75, 3.05) is 38.1 Å². The van der Waals surface area contributed by atoms with E-state index in [1.807, 2.05) is 19.9 Å². The van der Waals surface area contributed by atoms with Gasteiger partial charge in [0.25, 0.3) is 0 Å². The molecule has 0 saturated carbocycles. The molecule has 0 radical (unpaired) electrons. The van der Waals surface area contributed by atoms with Crippen LogP contribution in [0, 0.1) is 12.7 Å². The molecule has 2 rings (SSSR count). The molecule has 1 atom stereocenters. The van der Waals surface area contributed by atoms with Crippen LogP contribution in [-0.2, 0) is 0 Å². The van der Waals surface area contributed by atoms with Crippen molar-refractivity contribution in [2.24, 2.45) is 5.73 Å². The van der Waals surface area contributed by atoms with Gasteiger partial charge in [0.1, 0.15) is 5.82 Å².